The third kappa shape index (κ3) is 3.80. The van der Waals surface area contributed by atoms with Crippen molar-refractivity contribution in [2.75, 3.05) is 0 Å². The van der Waals surface area contributed by atoms with E-state index < -0.39 is 16.9 Å². The number of aliphatic carboxylic acids is 1. The monoisotopic (exact) mass is 302 g/mol. The molecular weight excluding hydrogens is 288 g/mol. The Bertz CT molecular complexity index is 688. The Hall–Kier alpha value is -2.93. The standard InChI is InChI=1S/C15H14N2O5/c16-13(15(18)19)9-10-8-12(6-7-14(10)17(20)21)22-11-4-2-1-3-5-11/h1-8,13H,9,16H2,(H,18,19). The van der Waals surface area contributed by atoms with Gasteiger partial charge in [-0.25, -0.2) is 0 Å². The number of carboxylic acids is 1. The van der Waals surface area contributed by atoms with Crippen LogP contribution in [-0.4, -0.2) is 22.0 Å². The number of ether oxygens (including phenoxy) is 1. The van der Waals surface area contributed by atoms with Gasteiger partial charge in [-0.3, -0.25) is 14.9 Å². The van der Waals surface area contributed by atoms with Crippen LogP contribution < -0.4 is 10.5 Å². The number of hydrogen-bond donors (Lipinski definition) is 2. The quantitative estimate of drug-likeness (QED) is 0.625. The van der Waals surface area contributed by atoms with Crippen LogP contribution in [0.2, 0.25) is 0 Å². The number of carboxylic acid groups (broad SMARTS) is 1. The maximum atomic E-state index is 11.0. The second-order valence-electron chi connectivity index (χ2n) is 4.61. The second-order valence-corrected chi connectivity index (χ2v) is 4.61. The minimum Gasteiger partial charge on any atom is -0.480 e. The topological polar surface area (TPSA) is 116 Å². The first-order chi connectivity index (χ1) is 10.5. The highest BCUT2D eigenvalue weighted by Gasteiger charge is 2.20. The van der Waals surface area contributed by atoms with E-state index in [1.165, 1.54) is 18.2 Å². The van der Waals surface area contributed by atoms with Crippen LogP contribution in [0.5, 0.6) is 11.5 Å². The highest BCUT2D eigenvalue weighted by molar-refractivity contribution is 5.74. The van der Waals surface area contributed by atoms with Gasteiger partial charge in [-0.2, -0.15) is 0 Å². The molecule has 0 heterocycles. The Balaban J connectivity index is 2.30. The van der Waals surface area contributed by atoms with Gasteiger partial charge in [-0.05, 0) is 24.3 Å². The summed E-state index contributed by atoms with van der Waals surface area (Å²) in [5.41, 5.74) is 5.49. The molecule has 0 aliphatic heterocycles. The Labute approximate surface area is 126 Å². The van der Waals surface area contributed by atoms with Crippen LogP contribution in [0.25, 0.3) is 0 Å². The zero-order valence-electron chi connectivity index (χ0n) is 11.5. The molecule has 2 aromatic rings. The molecule has 0 spiro atoms. The van der Waals surface area contributed by atoms with Crippen molar-refractivity contribution in [2.45, 2.75) is 12.5 Å². The fourth-order valence-corrected chi connectivity index (χ4v) is 1.92. The molecule has 3 N–H and O–H groups in total. The molecule has 0 amide bonds. The third-order valence-electron chi connectivity index (χ3n) is 2.98. The number of nitrogens with two attached hydrogens (primary N) is 1. The Morgan fingerprint density at radius 1 is 1.23 bits per heavy atom. The lowest BCUT2D eigenvalue weighted by molar-refractivity contribution is -0.385. The average Bonchev–Trinajstić information content (AvgIpc) is 2.48. The van der Waals surface area contributed by atoms with Gasteiger partial charge in [0.25, 0.3) is 5.69 Å². The van der Waals surface area contributed by atoms with Gasteiger partial charge in [0, 0.05) is 18.1 Å². The molecule has 2 aromatic carbocycles. The van der Waals surface area contributed by atoms with E-state index in [1.807, 2.05) is 6.07 Å². The van der Waals surface area contributed by atoms with Crippen LogP contribution in [0.15, 0.2) is 48.5 Å². The molecule has 0 bridgehead atoms. The molecule has 0 fully saturated rings. The summed E-state index contributed by atoms with van der Waals surface area (Å²) in [4.78, 5) is 21.3. The fraction of sp³-hybridized carbons (Fsp3) is 0.133. The van der Waals surface area contributed by atoms with Crippen molar-refractivity contribution in [3.05, 3.63) is 64.2 Å². The summed E-state index contributed by atoms with van der Waals surface area (Å²) in [5, 5.41) is 19.9. The fourth-order valence-electron chi connectivity index (χ4n) is 1.92. The van der Waals surface area contributed by atoms with E-state index >= 15 is 0 Å². The lowest BCUT2D eigenvalue weighted by Crippen LogP contribution is -2.32. The van der Waals surface area contributed by atoms with Crippen molar-refractivity contribution in [1.82, 2.24) is 0 Å². The van der Waals surface area contributed by atoms with Gasteiger partial charge in [0.05, 0.1) is 4.92 Å². The van der Waals surface area contributed by atoms with Crippen molar-refractivity contribution < 1.29 is 19.6 Å². The number of benzene rings is 2. The highest BCUT2D eigenvalue weighted by Crippen LogP contribution is 2.28. The van der Waals surface area contributed by atoms with E-state index in [1.54, 1.807) is 24.3 Å². The molecule has 1 atom stereocenters. The Morgan fingerprint density at radius 3 is 2.50 bits per heavy atom. The summed E-state index contributed by atoms with van der Waals surface area (Å²) in [7, 11) is 0. The largest absolute Gasteiger partial charge is 0.480 e. The van der Waals surface area contributed by atoms with E-state index in [2.05, 4.69) is 0 Å². The first-order valence-corrected chi connectivity index (χ1v) is 6.46. The van der Waals surface area contributed by atoms with Gasteiger partial charge in [0.15, 0.2) is 0 Å². The summed E-state index contributed by atoms with van der Waals surface area (Å²) in [6, 6.07) is 11.9. The summed E-state index contributed by atoms with van der Waals surface area (Å²) in [6.07, 6.45) is -0.155. The molecule has 1 unspecified atom stereocenters. The van der Waals surface area contributed by atoms with Crippen molar-refractivity contribution >= 4 is 11.7 Å². The average molecular weight is 302 g/mol. The predicted octanol–water partition coefficient (Wildman–Crippen LogP) is 2.34. The van der Waals surface area contributed by atoms with Crippen LogP contribution in [0.1, 0.15) is 5.56 Å². The summed E-state index contributed by atoms with van der Waals surface area (Å²) in [6.45, 7) is 0. The number of nitrogens with zero attached hydrogens (tertiary/aromatic N) is 1. The SMILES string of the molecule is NC(Cc1cc(Oc2ccccc2)ccc1[N+](=O)[O-])C(=O)O. The lowest BCUT2D eigenvalue weighted by atomic mass is 10.0. The predicted molar refractivity (Wildman–Crippen MR) is 78.9 cm³/mol. The molecule has 0 saturated carbocycles. The number of carbonyl (C=O) groups is 1. The van der Waals surface area contributed by atoms with E-state index in [-0.39, 0.29) is 17.7 Å². The van der Waals surface area contributed by atoms with Gasteiger partial charge < -0.3 is 15.6 Å². The number of para-hydroxylation sites is 1. The molecule has 0 saturated heterocycles. The van der Waals surface area contributed by atoms with Crippen molar-refractivity contribution in [3.8, 4) is 11.5 Å². The molecule has 0 aliphatic carbocycles. The minimum absolute atomic E-state index is 0.155. The first kappa shape index (κ1) is 15.5. The van der Waals surface area contributed by atoms with Gasteiger partial charge >= 0.3 is 5.97 Å². The molecule has 7 heteroatoms. The van der Waals surface area contributed by atoms with Gasteiger partial charge in [-0.15, -0.1) is 0 Å². The minimum atomic E-state index is -1.22. The molecule has 0 aliphatic rings. The van der Waals surface area contributed by atoms with Crippen LogP contribution in [-0.2, 0) is 11.2 Å². The molecule has 2 rings (SSSR count). The molecular formula is C15H14N2O5. The molecule has 114 valence electrons. The van der Waals surface area contributed by atoms with E-state index in [4.69, 9.17) is 15.6 Å². The van der Waals surface area contributed by atoms with Crippen LogP contribution in [0.4, 0.5) is 5.69 Å². The smallest absolute Gasteiger partial charge is 0.320 e. The first-order valence-electron chi connectivity index (χ1n) is 6.46. The second kappa shape index (κ2) is 6.68. The van der Waals surface area contributed by atoms with Crippen molar-refractivity contribution in [3.63, 3.8) is 0 Å². The van der Waals surface area contributed by atoms with E-state index in [9.17, 15) is 14.9 Å². The van der Waals surface area contributed by atoms with Crippen LogP contribution in [0, 0.1) is 10.1 Å². The van der Waals surface area contributed by atoms with Gasteiger partial charge in [0.2, 0.25) is 0 Å². The van der Waals surface area contributed by atoms with Crippen molar-refractivity contribution in [2.24, 2.45) is 5.73 Å². The summed E-state index contributed by atoms with van der Waals surface area (Å²) >= 11 is 0. The molecule has 22 heavy (non-hydrogen) atoms. The zero-order chi connectivity index (χ0) is 16.1. The number of hydrogen-bond acceptors (Lipinski definition) is 5. The van der Waals surface area contributed by atoms with E-state index in [0.29, 0.717) is 11.5 Å². The summed E-state index contributed by atoms with van der Waals surface area (Å²) < 4.78 is 5.58. The normalized spacial score (nSPS) is 11.7. The number of nitro benzene ring substituents is 1. The Morgan fingerprint density at radius 2 is 1.91 bits per heavy atom. The zero-order valence-corrected chi connectivity index (χ0v) is 11.5. The highest BCUT2D eigenvalue weighted by atomic mass is 16.6. The van der Waals surface area contributed by atoms with E-state index in [0.717, 1.165) is 0 Å². The molecule has 7 nitrogen and oxygen atoms in total. The third-order valence-corrected chi connectivity index (χ3v) is 2.98. The van der Waals surface area contributed by atoms with Gasteiger partial charge in [0.1, 0.15) is 17.5 Å². The number of rotatable bonds is 6. The lowest BCUT2D eigenvalue weighted by Gasteiger charge is -2.10. The molecule has 0 radical (unpaired) electrons. The maximum absolute atomic E-state index is 11.0. The summed E-state index contributed by atoms with van der Waals surface area (Å²) in [5.74, 6) is -0.266. The Kier molecular flexibility index (Phi) is 4.70. The van der Waals surface area contributed by atoms with Gasteiger partial charge in [-0.1, -0.05) is 18.2 Å². The van der Waals surface area contributed by atoms with Crippen LogP contribution in [0.3, 0.4) is 0 Å². The number of nitro groups is 1. The maximum Gasteiger partial charge on any atom is 0.320 e. The molecule has 0 aromatic heterocycles. The van der Waals surface area contributed by atoms with Crippen LogP contribution >= 0.6 is 0 Å². The van der Waals surface area contributed by atoms with Crippen molar-refractivity contribution in [1.29, 1.82) is 0 Å².